The quantitative estimate of drug-likeness (QED) is 0.897. The van der Waals surface area contributed by atoms with Crippen LogP contribution in [0.1, 0.15) is 44.3 Å². The molecule has 4 heteroatoms. The predicted octanol–water partition coefficient (Wildman–Crippen LogP) is 3.94. The zero-order valence-corrected chi connectivity index (χ0v) is 11.1. The zero-order chi connectivity index (χ0) is 13.9. The molecule has 19 heavy (non-hydrogen) atoms. The second-order valence-corrected chi connectivity index (χ2v) is 5.14. The van der Waals surface area contributed by atoms with Gasteiger partial charge in [0.05, 0.1) is 12.7 Å². The van der Waals surface area contributed by atoms with Crippen LogP contribution in [-0.2, 0) is 0 Å². The maximum Gasteiger partial charge on any atom is 0.248 e. The van der Waals surface area contributed by atoms with Crippen LogP contribution in [0.3, 0.4) is 0 Å². The molecule has 1 aliphatic carbocycles. The van der Waals surface area contributed by atoms with Crippen LogP contribution in [0.15, 0.2) is 24.3 Å². The maximum atomic E-state index is 13.1. The van der Waals surface area contributed by atoms with E-state index < -0.39 is 12.0 Å². The highest BCUT2D eigenvalue weighted by Crippen LogP contribution is 2.41. The van der Waals surface area contributed by atoms with Crippen molar-refractivity contribution in [1.29, 1.82) is 0 Å². The van der Waals surface area contributed by atoms with E-state index in [1.54, 1.807) is 6.07 Å². The van der Waals surface area contributed by atoms with Gasteiger partial charge in [0.2, 0.25) is 5.92 Å². The highest BCUT2D eigenvalue weighted by molar-refractivity contribution is 5.30. The van der Waals surface area contributed by atoms with Gasteiger partial charge < -0.3 is 9.84 Å². The SMILES string of the molecule is CCOc1cccc(C(O)C2CCC(F)(F)CC2)c1. The first-order valence-corrected chi connectivity index (χ1v) is 6.80. The Hall–Kier alpha value is -1.16. The number of rotatable bonds is 4. The summed E-state index contributed by atoms with van der Waals surface area (Å²) in [5, 5.41) is 10.3. The minimum Gasteiger partial charge on any atom is -0.494 e. The molecule has 1 N–H and O–H groups in total. The molecule has 0 radical (unpaired) electrons. The van der Waals surface area contributed by atoms with E-state index in [2.05, 4.69) is 0 Å². The van der Waals surface area contributed by atoms with Gasteiger partial charge in [-0.1, -0.05) is 12.1 Å². The fraction of sp³-hybridized carbons (Fsp3) is 0.600. The maximum absolute atomic E-state index is 13.1. The van der Waals surface area contributed by atoms with E-state index in [0.717, 1.165) is 5.56 Å². The first-order valence-electron chi connectivity index (χ1n) is 6.80. The third-order valence-electron chi connectivity index (χ3n) is 3.72. The Labute approximate surface area is 112 Å². The van der Waals surface area contributed by atoms with E-state index in [1.807, 2.05) is 25.1 Å². The monoisotopic (exact) mass is 270 g/mol. The Bertz CT molecular complexity index is 410. The zero-order valence-electron chi connectivity index (χ0n) is 11.1. The normalized spacial score (nSPS) is 21.1. The smallest absolute Gasteiger partial charge is 0.248 e. The van der Waals surface area contributed by atoms with Gasteiger partial charge in [-0.25, -0.2) is 8.78 Å². The minimum atomic E-state index is -2.55. The highest BCUT2D eigenvalue weighted by Gasteiger charge is 2.37. The van der Waals surface area contributed by atoms with Crippen molar-refractivity contribution in [1.82, 2.24) is 0 Å². The van der Waals surface area contributed by atoms with Crippen molar-refractivity contribution in [2.24, 2.45) is 5.92 Å². The van der Waals surface area contributed by atoms with Crippen LogP contribution in [0.25, 0.3) is 0 Å². The molecular weight excluding hydrogens is 250 g/mol. The first-order chi connectivity index (χ1) is 9.02. The van der Waals surface area contributed by atoms with Gasteiger partial charge in [-0.3, -0.25) is 0 Å². The molecule has 0 saturated heterocycles. The van der Waals surface area contributed by atoms with Crippen LogP contribution in [0.5, 0.6) is 5.75 Å². The third kappa shape index (κ3) is 3.66. The molecule has 2 rings (SSSR count). The molecule has 106 valence electrons. The average Bonchev–Trinajstić information content (AvgIpc) is 2.39. The summed E-state index contributed by atoms with van der Waals surface area (Å²) in [7, 11) is 0. The van der Waals surface area contributed by atoms with Gasteiger partial charge in [-0.2, -0.15) is 0 Å². The van der Waals surface area contributed by atoms with Crippen molar-refractivity contribution in [3.05, 3.63) is 29.8 Å². The van der Waals surface area contributed by atoms with E-state index in [-0.39, 0.29) is 18.8 Å². The molecule has 1 atom stereocenters. The van der Waals surface area contributed by atoms with E-state index in [9.17, 15) is 13.9 Å². The Morgan fingerprint density at radius 1 is 1.37 bits per heavy atom. The van der Waals surface area contributed by atoms with Crippen LogP contribution in [0.2, 0.25) is 0 Å². The lowest BCUT2D eigenvalue weighted by Crippen LogP contribution is -2.27. The number of hydrogen-bond acceptors (Lipinski definition) is 2. The van der Waals surface area contributed by atoms with Crippen molar-refractivity contribution in [3.8, 4) is 5.75 Å². The van der Waals surface area contributed by atoms with Crippen LogP contribution in [0.4, 0.5) is 8.78 Å². The molecule has 0 aromatic heterocycles. The lowest BCUT2D eigenvalue weighted by Gasteiger charge is -2.31. The molecule has 1 aromatic rings. The topological polar surface area (TPSA) is 29.5 Å². The largest absolute Gasteiger partial charge is 0.494 e. The van der Waals surface area contributed by atoms with Crippen molar-refractivity contribution >= 4 is 0 Å². The Kier molecular flexibility index (Phi) is 4.40. The molecule has 0 heterocycles. The summed E-state index contributed by atoms with van der Waals surface area (Å²) in [5.74, 6) is -1.93. The Morgan fingerprint density at radius 3 is 2.68 bits per heavy atom. The van der Waals surface area contributed by atoms with Crippen molar-refractivity contribution in [2.45, 2.75) is 44.6 Å². The van der Waals surface area contributed by atoms with E-state index in [1.165, 1.54) is 0 Å². The summed E-state index contributed by atoms with van der Waals surface area (Å²) in [6, 6.07) is 7.26. The number of hydrogen-bond donors (Lipinski definition) is 1. The molecule has 2 nitrogen and oxygen atoms in total. The average molecular weight is 270 g/mol. The van der Waals surface area contributed by atoms with Gasteiger partial charge in [-0.15, -0.1) is 0 Å². The summed E-state index contributed by atoms with van der Waals surface area (Å²) < 4.78 is 31.6. The van der Waals surface area contributed by atoms with Crippen LogP contribution >= 0.6 is 0 Å². The molecule has 0 spiro atoms. The second kappa shape index (κ2) is 5.87. The molecule has 1 aromatic carbocycles. The van der Waals surface area contributed by atoms with Crippen LogP contribution in [-0.4, -0.2) is 17.6 Å². The molecule has 1 aliphatic rings. The third-order valence-corrected chi connectivity index (χ3v) is 3.72. The van der Waals surface area contributed by atoms with E-state index >= 15 is 0 Å². The summed E-state index contributed by atoms with van der Waals surface area (Å²) >= 11 is 0. The molecule has 0 bridgehead atoms. The number of halogens is 2. The van der Waals surface area contributed by atoms with E-state index in [4.69, 9.17) is 4.74 Å². The van der Waals surface area contributed by atoms with Gasteiger partial charge in [0.1, 0.15) is 5.75 Å². The lowest BCUT2D eigenvalue weighted by atomic mass is 9.81. The molecule has 1 saturated carbocycles. The Morgan fingerprint density at radius 2 is 2.05 bits per heavy atom. The summed E-state index contributed by atoms with van der Waals surface area (Å²) in [6.07, 6.45) is -0.198. The fourth-order valence-electron chi connectivity index (χ4n) is 2.61. The van der Waals surface area contributed by atoms with Crippen molar-refractivity contribution in [3.63, 3.8) is 0 Å². The molecule has 0 amide bonds. The summed E-state index contributed by atoms with van der Waals surface area (Å²) in [4.78, 5) is 0. The van der Waals surface area contributed by atoms with Crippen molar-refractivity contribution in [2.75, 3.05) is 6.61 Å². The van der Waals surface area contributed by atoms with Gasteiger partial charge in [-0.05, 0) is 43.4 Å². The highest BCUT2D eigenvalue weighted by atomic mass is 19.3. The van der Waals surface area contributed by atoms with Gasteiger partial charge in [0.15, 0.2) is 0 Å². The van der Waals surface area contributed by atoms with Crippen LogP contribution in [0, 0.1) is 5.92 Å². The minimum absolute atomic E-state index is 0.0866. The molecule has 0 aliphatic heterocycles. The molecule has 1 unspecified atom stereocenters. The van der Waals surface area contributed by atoms with Crippen LogP contribution < -0.4 is 4.74 Å². The van der Waals surface area contributed by atoms with Gasteiger partial charge in [0, 0.05) is 12.8 Å². The summed E-state index contributed by atoms with van der Waals surface area (Å²) in [6.45, 7) is 2.46. The molecule has 1 fully saturated rings. The standard InChI is InChI=1S/C15H20F2O2/c1-2-19-13-5-3-4-12(10-13)14(18)11-6-8-15(16,17)9-7-11/h3-5,10-11,14,18H,2,6-9H2,1H3. The number of ether oxygens (including phenoxy) is 1. The number of alkyl halides is 2. The Balaban J connectivity index is 2.03. The summed E-state index contributed by atoms with van der Waals surface area (Å²) in [5.41, 5.74) is 0.751. The molecular formula is C15H20F2O2. The van der Waals surface area contributed by atoms with Gasteiger partial charge >= 0.3 is 0 Å². The lowest BCUT2D eigenvalue weighted by molar-refractivity contribution is -0.0627. The number of benzene rings is 1. The second-order valence-electron chi connectivity index (χ2n) is 5.14. The van der Waals surface area contributed by atoms with Gasteiger partial charge in [0.25, 0.3) is 0 Å². The number of aliphatic hydroxyl groups is 1. The van der Waals surface area contributed by atoms with Crippen molar-refractivity contribution < 1.29 is 18.6 Å². The van der Waals surface area contributed by atoms with E-state index in [0.29, 0.717) is 25.2 Å². The first kappa shape index (κ1) is 14.3. The fourth-order valence-corrected chi connectivity index (χ4v) is 2.61. The predicted molar refractivity (Wildman–Crippen MR) is 69.5 cm³/mol. The number of aliphatic hydroxyl groups excluding tert-OH is 1.